The lowest BCUT2D eigenvalue weighted by molar-refractivity contribution is 0.0881. The minimum absolute atomic E-state index is 0.203. The first kappa shape index (κ1) is 21.0. The molecule has 1 saturated carbocycles. The Morgan fingerprint density at radius 3 is 2.42 bits per heavy atom. The van der Waals surface area contributed by atoms with Gasteiger partial charge in [-0.05, 0) is 37.1 Å². The normalized spacial score (nSPS) is 15.6. The average molecular weight is 440 g/mol. The molecule has 3 N–H and O–H groups in total. The van der Waals surface area contributed by atoms with Crippen molar-refractivity contribution in [3.63, 3.8) is 0 Å². The smallest absolute Gasteiger partial charge is 0.324 e. The van der Waals surface area contributed by atoms with Gasteiger partial charge in [0.2, 0.25) is 5.89 Å². The Kier molecular flexibility index (Phi) is 6.31. The molecule has 1 fully saturated rings. The molecular formula is C22H25N5O3S. The minimum Gasteiger partial charge on any atom is -0.340 e. The number of rotatable bonds is 5. The summed E-state index contributed by atoms with van der Waals surface area (Å²) in [5, 5.41) is 13.4. The summed E-state index contributed by atoms with van der Waals surface area (Å²) in [7, 11) is 0. The molecule has 0 bridgehead atoms. The number of aryl methyl sites for hydroxylation is 1. The average Bonchev–Trinajstić information content (AvgIpc) is 3.34. The van der Waals surface area contributed by atoms with Crippen LogP contribution >= 0.6 is 11.3 Å². The summed E-state index contributed by atoms with van der Waals surface area (Å²) in [6.07, 6.45) is 5.77. The van der Waals surface area contributed by atoms with E-state index in [9.17, 15) is 9.59 Å². The van der Waals surface area contributed by atoms with Crippen molar-refractivity contribution < 1.29 is 14.1 Å². The molecule has 2 aromatic heterocycles. The summed E-state index contributed by atoms with van der Waals surface area (Å²) >= 11 is 1.22. The molecule has 3 aromatic rings. The molecule has 31 heavy (non-hydrogen) atoms. The zero-order valence-corrected chi connectivity index (χ0v) is 18.1. The Morgan fingerprint density at radius 1 is 1.00 bits per heavy atom. The van der Waals surface area contributed by atoms with Crippen LogP contribution in [0.15, 0.2) is 47.0 Å². The number of nitrogens with zero attached hydrogens (tertiary/aromatic N) is 2. The van der Waals surface area contributed by atoms with Crippen LogP contribution < -0.4 is 16.0 Å². The molecular weight excluding hydrogens is 414 g/mol. The lowest BCUT2D eigenvalue weighted by atomic mass is 9.89. The Morgan fingerprint density at radius 2 is 1.74 bits per heavy atom. The van der Waals surface area contributed by atoms with Crippen molar-refractivity contribution in [3.05, 3.63) is 59.1 Å². The fraction of sp³-hybridized carbons (Fsp3) is 0.364. The van der Waals surface area contributed by atoms with E-state index in [4.69, 9.17) is 4.52 Å². The maximum atomic E-state index is 13.1. The van der Waals surface area contributed by atoms with Gasteiger partial charge in [-0.2, -0.15) is 4.98 Å². The van der Waals surface area contributed by atoms with Crippen molar-refractivity contribution >= 4 is 34.0 Å². The third kappa shape index (κ3) is 5.11. The van der Waals surface area contributed by atoms with Crippen LogP contribution in [-0.4, -0.2) is 22.1 Å². The van der Waals surface area contributed by atoms with Crippen LogP contribution in [0.25, 0.3) is 0 Å². The molecule has 0 atom stereocenters. The molecule has 3 amide bonds. The van der Waals surface area contributed by atoms with Gasteiger partial charge < -0.3 is 15.2 Å². The highest BCUT2D eigenvalue weighted by atomic mass is 32.1. The molecule has 4 rings (SSSR count). The number of hydrogen-bond donors (Lipinski definition) is 3. The van der Waals surface area contributed by atoms with Crippen molar-refractivity contribution in [3.8, 4) is 0 Å². The van der Waals surface area contributed by atoms with Gasteiger partial charge in [-0.25, -0.2) is 4.79 Å². The summed E-state index contributed by atoms with van der Waals surface area (Å²) in [6, 6.07) is 12.3. The first-order valence-electron chi connectivity index (χ1n) is 10.4. The Labute approximate surface area is 184 Å². The molecule has 0 saturated heterocycles. The molecule has 0 unspecified atom stereocenters. The van der Waals surface area contributed by atoms with E-state index >= 15 is 0 Å². The van der Waals surface area contributed by atoms with Crippen LogP contribution in [0.2, 0.25) is 0 Å². The first-order chi connectivity index (χ1) is 15.0. The SMILES string of the molecule is Cc1nc(C2(NC(=O)c3ccc(NC(=O)Nc4ccccc4)s3)CCCCCC2)no1. The van der Waals surface area contributed by atoms with Crippen LogP contribution in [-0.2, 0) is 5.54 Å². The van der Waals surface area contributed by atoms with Crippen molar-refractivity contribution in [2.45, 2.75) is 51.0 Å². The number of urea groups is 1. The molecule has 1 aromatic carbocycles. The maximum Gasteiger partial charge on any atom is 0.324 e. The number of anilines is 2. The second-order valence-corrected chi connectivity index (χ2v) is 8.78. The second kappa shape index (κ2) is 9.30. The first-order valence-corrected chi connectivity index (χ1v) is 11.2. The van der Waals surface area contributed by atoms with Gasteiger partial charge in [-0.1, -0.05) is 49.0 Å². The number of benzene rings is 1. The van der Waals surface area contributed by atoms with Gasteiger partial charge in [0.25, 0.3) is 5.91 Å². The molecule has 0 spiro atoms. The number of amides is 3. The van der Waals surface area contributed by atoms with Gasteiger partial charge >= 0.3 is 6.03 Å². The van der Waals surface area contributed by atoms with Gasteiger partial charge in [0.15, 0.2) is 5.82 Å². The van der Waals surface area contributed by atoms with E-state index in [1.807, 2.05) is 18.2 Å². The van der Waals surface area contributed by atoms with Crippen molar-refractivity contribution in [2.75, 3.05) is 10.6 Å². The lowest BCUT2D eigenvalue weighted by Crippen LogP contribution is -2.46. The standard InChI is InChI=1S/C22H25N5O3S/c1-15-23-20(27-30-15)22(13-7-2-3-8-14-22)26-19(28)17-11-12-18(31-17)25-21(29)24-16-9-5-4-6-10-16/h4-6,9-12H,2-3,7-8,13-14H2,1H3,(H,26,28)(H2,24,25,29). The molecule has 1 aliphatic rings. The molecule has 1 aliphatic carbocycles. The molecule has 0 radical (unpaired) electrons. The zero-order chi connectivity index (χ0) is 21.7. The highest BCUT2D eigenvalue weighted by molar-refractivity contribution is 7.18. The van der Waals surface area contributed by atoms with Crippen LogP contribution in [0.4, 0.5) is 15.5 Å². The topological polar surface area (TPSA) is 109 Å². The second-order valence-electron chi connectivity index (χ2n) is 7.70. The van der Waals surface area contributed by atoms with Crippen LogP contribution in [0.3, 0.4) is 0 Å². The molecule has 0 aliphatic heterocycles. The predicted molar refractivity (Wildman–Crippen MR) is 119 cm³/mol. The summed E-state index contributed by atoms with van der Waals surface area (Å²) in [5.74, 6) is 0.822. The number of para-hydroxylation sites is 1. The Hall–Kier alpha value is -3.20. The van der Waals surface area contributed by atoms with Gasteiger partial charge in [-0.3, -0.25) is 10.1 Å². The van der Waals surface area contributed by atoms with Crippen LogP contribution in [0, 0.1) is 6.92 Å². The van der Waals surface area contributed by atoms with Crippen LogP contribution in [0.1, 0.15) is 59.9 Å². The number of carbonyl (C=O) groups is 2. The van der Waals surface area contributed by atoms with E-state index in [-0.39, 0.29) is 11.9 Å². The third-order valence-corrected chi connectivity index (χ3v) is 6.36. The molecule has 2 heterocycles. The van der Waals surface area contributed by atoms with E-state index in [0.717, 1.165) is 38.5 Å². The van der Waals surface area contributed by atoms with E-state index in [1.165, 1.54) is 11.3 Å². The highest BCUT2D eigenvalue weighted by Gasteiger charge is 2.39. The fourth-order valence-corrected chi connectivity index (χ4v) is 4.63. The highest BCUT2D eigenvalue weighted by Crippen LogP contribution is 2.35. The van der Waals surface area contributed by atoms with Crippen LogP contribution in [0.5, 0.6) is 0 Å². The quantitative estimate of drug-likeness (QED) is 0.481. The lowest BCUT2D eigenvalue weighted by Gasteiger charge is -2.30. The third-order valence-electron chi connectivity index (χ3n) is 5.36. The summed E-state index contributed by atoms with van der Waals surface area (Å²) < 4.78 is 5.20. The summed E-state index contributed by atoms with van der Waals surface area (Å²) in [4.78, 5) is 30.2. The Bertz CT molecular complexity index is 1040. The molecule has 9 heteroatoms. The fourth-order valence-electron chi connectivity index (χ4n) is 3.83. The summed E-state index contributed by atoms with van der Waals surface area (Å²) in [5.41, 5.74) is 0.0633. The van der Waals surface area contributed by atoms with Gasteiger partial charge in [0, 0.05) is 12.6 Å². The van der Waals surface area contributed by atoms with Gasteiger partial charge in [0.1, 0.15) is 5.54 Å². The Balaban J connectivity index is 1.45. The molecule has 162 valence electrons. The predicted octanol–water partition coefficient (Wildman–Crippen LogP) is 5.06. The number of hydrogen-bond acceptors (Lipinski definition) is 6. The van der Waals surface area contributed by atoms with E-state index in [2.05, 4.69) is 26.1 Å². The number of carbonyl (C=O) groups excluding carboxylic acids is 2. The maximum absolute atomic E-state index is 13.1. The van der Waals surface area contributed by atoms with Crippen molar-refractivity contribution in [2.24, 2.45) is 0 Å². The molecule has 8 nitrogen and oxygen atoms in total. The van der Waals surface area contributed by atoms with Crippen molar-refractivity contribution in [1.82, 2.24) is 15.5 Å². The van der Waals surface area contributed by atoms with Gasteiger partial charge in [0.05, 0.1) is 9.88 Å². The van der Waals surface area contributed by atoms with E-state index in [1.54, 1.807) is 31.2 Å². The largest absolute Gasteiger partial charge is 0.340 e. The number of nitrogens with one attached hydrogen (secondary N) is 3. The van der Waals surface area contributed by atoms with E-state index < -0.39 is 5.54 Å². The summed E-state index contributed by atoms with van der Waals surface area (Å²) in [6.45, 7) is 1.75. The number of aromatic nitrogens is 2. The van der Waals surface area contributed by atoms with Crippen molar-refractivity contribution in [1.29, 1.82) is 0 Å². The number of thiophene rings is 1. The van der Waals surface area contributed by atoms with Gasteiger partial charge in [-0.15, -0.1) is 11.3 Å². The minimum atomic E-state index is -0.631. The van der Waals surface area contributed by atoms with E-state index in [0.29, 0.717) is 27.3 Å². The zero-order valence-electron chi connectivity index (χ0n) is 17.3. The monoisotopic (exact) mass is 439 g/mol.